The van der Waals surface area contributed by atoms with Gasteiger partial charge in [0.15, 0.2) is 0 Å². The summed E-state index contributed by atoms with van der Waals surface area (Å²) in [5.74, 6) is 1.19. The van der Waals surface area contributed by atoms with Crippen LogP contribution in [0.2, 0.25) is 0 Å². The van der Waals surface area contributed by atoms with Crippen molar-refractivity contribution in [3.63, 3.8) is 0 Å². The van der Waals surface area contributed by atoms with Gasteiger partial charge in [-0.1, -0.05) is 92.0 Å². The molecule has 1 aliphatic rings. The lowest BCUT2D eigenvalue weighted by Crippen LogP contribution is -2.43. The Kier molecular flexibility index (Phi) is 19.8. The summed E-state index contributed by atoms with van der Waals surface area (Å²) in [6, 6.07) is 0. The molecule has 0 saturated carbocycles. The van der Waals surface area contributed by atoms with E-state index < -0.39 is 11.5 Å². The number of amides is 1. The van der Waals surface area contributed by atoms with Gasteiger partial charge in [-0.25, -0.2) is 0 Å². The lowest BCUT2D eigenvalue weighted by molar-refractivity contribution is -0.139. The molecule has 3 unspecified atom stereocenters. The van der Waals surface area contributed by atoms with Crippen molar-refractivity contribution < 1.29 is 14.7 Å². The summed E-state index contributed by atoms with van der Waals surface area (Å²) in [7, 11) is 0. The predicted molar refractivity (Wildman–Crippen MR) is 177 cm³/mol. The van der Waals surface area contributed by atoms with Crippen molar-refractivity contribution in [2.45, 2.75) is 140 Å². The first-order valence-electron chi connectivity index (χ1n) is 16.2. The Labute approximate surface area is 253 Å². The van der Waals surface area contributed by atoms with Gasteiger partial charge in [0.05, 0.1) is 23.6 Å². The minimum absolute atomic E-state index is 0.0313. The molecule has 0 aromatic rings. The number of aliphatic hydroxyl groups is 1. The minimum Gasteiger partial charge on any atom is -0.392 e. The van der Waals surface area contributed by atoms with Crippen LogP contribution in [-0.4, -0.2) is 35.2 Å². The summed E-state index contributed by atoms with van der Waals surface area (Å²) in [5, 5.41) is 13.4. The van der Waals surface area contributed by atoms with E-state index in [9.17, 15) is 14.7 Å². The fraction of sp³-hybridized carbons (Fsp3) is 0.750. The van der Waals surface area contributed by atoms with E-state index in [1.165, 1.54) is 24.1 Å². The highest BCUT2D eigenvalue weighted by atomic mass is 16.3. The molecule has 1 rings (SSSR count). The van der Waals surface area contributed by atoms with Crippen LogP contribution in [0.5, 0.6) is 0 Å². The molecular weight excluding hydrogens is 508 g/mol. The van der Waals surface area contributed by atoms with Gasteiger partial charge in [0.1, 0.15) is 5.78 Å². The number of allylic oxidation sites excluding steroid dienone is 4. The van der Waals surface area contributed by atoms with E-state index in [1.807, 2.05) is 26.8 Å². The number of aliphatic imine (C=N–C) groups is 1. The van der Waals surface area contributed by atoms with E-state index in [-0.39, 0.29) is 29.9 Å². The van der Waals surface area contributed by atoms with E-state index in [2.05, 4.69) is 65.1 Å². The molecule has 0 saturated heterocycles. The van der Waals surface area contributed by atoms with Crippen molar-refractivity contribution in [1.29, 1.82) is 0 Å². The van der Waals surface area contributed by atoms with E-state index in [0.717, 1.165) is 44.2 Å². The molecule has 0 aliphatic carbocycles. The number of unbranched alkanes of at least 4 members (excludes halogenated alkanes) is 1. The first kappa shape index (κ1) is 39.0. The molecule has 0 bridgehead atoms. The Morgan fingerprint density at radius 3 is 2.41 bits per heavy atom. The summed E-state index contributed by atoms with van der Waals surface area (Å²) >= 11 is 0. The lowest BCUT2D eigenvalue weighted by Gasteiger charge is -2.32. The third kappa shape index (κ3) is 16.9. The summed E-state index contributed by atoms with van der Waals surface area (Å²) in [6.45, 7) is 23.3. The molecule has 0 spiro atoms. The maximum absolute atomic E-state index is 12.8. The van der Waals surface area contributed by atoms with E-state index >= 15 is 0 Å². The summed E-state index contributed by atoms with van der Waals surface area (Å²) < 4.78 is 0. The molecule has 0 fully saturated rings. The predicted octanol–water partition coefficient (Wildman–Crippen LogP) is 9.02. The standard InChI is InChI=1S/C21H37NO3.C15H27N/c1-14-8-7-9-15(2)11-17(4)20(25)21(5,6)18(23)12-19(24)22-13-16(3)10-14;1-6-9-11-15(12-13(4)5)16-14(8-3)10-7-2/h10,15-18,23H,7-9,11-13H2,1-6H3,(H,22,24);7-8,10,13H,6,9,11-12H2,1-5H3/b14-10-;10-7-,14-8-,16-15?/t15?,16-,17?,18?;/m0./s1. The maximum Gasteiger partial charge on any atom is 0.222 e. The lowest BCUT2D eigenvalue weighted by atomic mass is 9.74. The maximum atomic E-state index is 12.8. The van der Waals surface area contributed by atoms with Gasteiger partial charge in [-0.15, -0.1) is 0 Å². The molecule has 0 aromatic carbocycles. The molecule has 0 aromatic heterocycles. The highest BCUT2D eigenvalue weighted by Gasteiger charge is 2.39. The zero-order valence-electron chi connectivity index (χ0n) is 28.5. The van der Waals surface area contributed by atoms with Crippen LogP contribution in [0, 0.1) is 29.1 Å². The van der Waals surface area contributed by atoms with Crippen LogP contribution in [0.15, 0.2) is 40.6 Å². The Morgan fingerprint density at radius 1 is 1.20 bits per heavy atom. The molecule has 0 radical (unpaired) electrons. The summed E-state index contributed by atoms with van der Waals surface area (Å²) in [5.41, 5.74) is 2.89. The van der Waals surface area contributed by atoms with Crippen molar-refractivity contribution in [2.75, 3.05) is 6.54 Å². The van der Waals surface area contributed by atoms with Crippen LogP contribution in [0.4, 0.5) is 0 Å². The summed E-state index contributed by atoms with van der Waals surface area (Å²) in [4.78, 5) is 29.7. The van der Waals surface area contributed by atoms with Gasteiger partial charge in [-0.3, -0.25) is 14.6 Å². The fourth-order valence-electron chi connectivity index (χ4n) is 5.37. The number of nitrogens with zero attached hydrogens (tertiary/aromatic N) is 1. The van der Waals surface area contributed by atoms with Gasteiger partial charge in [0.25, 0.3) is 0 Å². The largest absolute Gasteiger partial charge is 0.392 e. The molecule has 4 atom stereocenters. The van der Waals surface area contributed by atoms with Crippen LogP contribution < -0.4 is 5.32 Å². The number of rotatable bonds is 7. The monoisotopic (exact) mass is 572 g/mol. The van der Waals surface area contributed by atoms with E-state index in [1.54, 1.807) is 13.8 Å². The van der Waals surface area contributed by atoms with Gasteiger partial charge >= 0.3 is 0 Å². The van der Waals surface area contributed by atoms with Gasteiger partial charge in [0.2, 0.25) is 5.91 Å². The van der Waals surface area contributed by atoms with Crippen molar-refractivity contribution in [1.82, 2.24) is 5.32 Å². The average Bonchev–Trinajstić information content (AvgIpc) is 2.89. The highest BCUT2D eigenvalue weighted by molar-refractivity contribution is 5.88. The quantitative estimate of drug-likeness (QED) is 0.181. The highest BCUT2D eigenvalue weighted by Crippen LogP contribution is 2.31. The topological polar surface area (TPSA) is 78.8 Å². The molecule has 1 aliphatic heterocycles. The number of nitrogens with one attached hydrogen (secondary N) is 1. The Bertz CT molecular complexity index is 895. The molecule has 41 heavy (non-hydrogen) atoms. The fourth-order valence-corrected chi connectivity index (χ4v) is 5.37. The smallest absolute Gasteiger partial charge is 0.222 e. The van der Waals surface area contributed by atoms with Gasteiger partial charge in [-0.2, -0.15) is 0 Å². The number of aliphatic hydroxyl groups excluding tert-OH is 1. The second-order valence-corrected chi connectivity index (χ2v) is 13.3. The Hall–Kier alpha value is -2.01. The van der Waals surface area contributed by atoms with Gasteiger partial charge in [0, 0.05) is 18.2 Å². The van der Waals surface area contributed by atoms with Crippen LogP contribution in [0.25, 0.3) is 0 Å². The molecule has 5 nitrogen and oxygen atoms in total. The van der Waals surface area contributed by atoms with Crippen LogP contribution in [-0.2, 0) is 9.59 Å². The molecule has 5 heteroatoms. The number of carbonyl (C=O) groups excluding carboxylic acids is 2. The normalized spacial score (nSPS) is 27.2. The number of Topliss-reactive ketones (excluding diaryl/α,β-unsaturated/α-hetero) is 1. The van der Waals surface area contributed by atoms with Crippen LogP contribution in [0.3, 0.4) is 0 Å². The first-order chi connectivity index (χ1) is 19.2. The zero-order valence-corrected chi connectivity index (χ0v) is 28.5. The molecule has 236 valence electrons. The SMILES string of the molecule is C/C1=C/[C@H](C)CNC(=O)CC(O)C(C)(C)C(=O)C(C)CC(C)CCC1.C/C=C\C(=C\C)N=C(CCCC)CC(C)C. The Balaban J connectivity index is 0.000000865. The van der Waals surface area contributed by atoms with Crippen molar-refractivity contribution >= 4 is 17.4 Å². The molecule has 2 N–H and O–H groups in total. The summed E-state index contributed by atoms with van der Waals surface area (Å²) in [6.07, 6.45) is 16.3. The number of carbonyl (C=O) groups is 2. The minimum atomic E-state index is -0.960. The number of hydrogen-bond acceptors (Lipinski definition) is 4. The van der Waals surface area contributed by atoms with Crippen LogP contribution >= 0.6 is 0 Å². The van der Waals surface area contributed by atoms with E-state index in [0.29, 0.717) is 18.4 Å². The first-order valence-corrected chi connectivity index (χ1v) is 16.2. The van der Waals surface area contributed by atoms with Gasteiger partial charge in [-0.05, 0) is 83.1 Å². The average molecular weight is 573 g/mol. The second kappa shape index (κ2) is 20.8. The molecule has 1 amide bonds. The van der Waals surface area contributed by atoms with Crippen LogP contribution in [0.1, 0.15) is 134 Å². The zero-order chi connectivity index (χ0) is 31.6. The number of ketones is 1. The number of hydrogen-bond donors (Lipinski definition) is 2. The third-order valence-electron chi connectivity index (χ3n) is 7.89. The third-order valence-corrected chi connectivity index (χ3v) is 7.89. The molecular formula is C36H64N2O3. The second-order valence-electron chi connectivity index (χ2n) is 13.3. The van der Waals surface area contributed by atoms with Gasteiger partial charge < -0.3 is 10.4 Å². The van der Waals surface area contributed by atoms with E-state index in [4.69, 9.17) is 4.99 Å². The molecule has 1 heterocycles. The van der Waals surface area contributed by atoms with Crippen molar-refractivity contribution in [3.05, 3.63) is 35.6 Å². The van der Waals surface area contributed by atoms with Crippen molar-refractivity contribution in [3.8, 4) is 0 Å². The Morgan fingerprint density at radius 2 is 1.85 bits per heavy atom. The van der Waals surface area contributed by atoms with Crippen molar-refractivity contribution in [2.24, 2.45) is 34.1 Å².